The van der Waals surface area contributed by atoms with Crippen LogP contribution < -0.4 is 10.1 Å². The van der Waals surface area contributed by atoms with Crippen LogP contribution in [0.5, 0.6) is 11.6 Å². The molecular formula is C13H13FN2O. The number of halogens is 1. The summed E-state index contributed by atoms with van der Waals surface area (Å²) >= 11 is 0. The second kappa shape index (κ2) is 5.41. The van der Waals surface area contributed by atoms with Crippen molar-refractivity contribution in [1.29, 1.82) is 0 Å². The predicted octanol–water partition coefficient (Wildman–Crippen LogP) is 2.73. The van der Waals surface area contributed by atoms with Crippen LogP contribution in [0.3, 0.4) is 0 Å². The highest BCUT2D eigenvalue weighted by molar-refractivity contribution is 5.35. The van der Waals surface area contributed by atoms with Gasteiger partial charge in [0.05, 0.1) is 6.20 Å². The monoisotopic (exact) mass is 232 g/mol. The third kappa shape index (κ3) is 3.01. The maximum Gasteiger partial charge on any atom is 0.219 e. The van der Waals surface area contributed by atoms with Crippen molar-refractivity contribution >= 4 is 0 Å². The van der Waals surface area contributed by atoms with Crippen molar-refractivity contribution in [2.45, 2.75) is 6.54 Å². The smallest absolute Gasteiger partial charge is 0.219 e. The van der Waals surface area contributed by atoms with E-state index in [0.29, 0.717) is 12.4 Å². The van der Waals surface area contributed by atoms with Gasteiger partial charge in [0.15, 0.2) is 0 Å². The predicted molar refractivity (Wildman–Crippen MR) is 63.5 cm³/mol. The van der Waals surface area contributed by atoms with Crippen molar-refractivity contribution in [1.82, 2.24) is 10.3 Å². The average Bonchev–Trinajstić information content (AvgIpc) is 2.35. The van der Waals surface area contributed by atoms with Gasteiger partial charge in [-0.25, -0.2) is 9.37 Å². The van der Waals surface area contributed by atoms with Crippen molar-refractivity contribution in [2.24, 2.45) is 0 Å². The van der Waals surface area contributed by atoms with E-state index in [9.17, 15) is 4.39 Å². The number of hydrogen-bond acceptors (Lipinski definition) is 3. The summed E-state index contributed by atoms with van der Waals surface area (Å²) in [5, 5.41) is 3.06. The van der Waals surface area contributed by atoms with Crippen molar-refractivity contribution in [3.8, 4) is 11.6 Å². The molecule has 0 spiro atoms. The highest BCUT2D eigenvalue weighted by Gasteiger charge is 2.04. The maximum absolute atomic E-state index is 12.7. The number of para-hydroxylation sites is 1. The fourth-order valence-corrected chi connectivity index (χ4v) is 1.48. The largest absolute Gasteiger partial charge is 0.439 e. The topological polar surface area (TPSA) is 34.1 Å². The summed E-state index contributed by atoms with van der Waals surface area (Å²) < 4.78 is 18.3. The van der Waals surface area contributed by atoms with E-state index in [2.05, 4.69) is 10.3 Å². The van der Waals surface area contributed by atoms with Crippen LogP contribution in [0.1, 0.15) is 5.56 Å². The van der Waals surface area contributed by atoms with Crippen molar-refractivity contribution in [2.75, 3.05) is 7.05 Å². The Bertz CT molecular complexity index is 485. The summed E-state index contributed by atoms with van der Waals surface area (Å²) in [5.74, 6) is 0.733. The van der Waals surface area contributed by atoms with Crippen molar-refractivity contribution < 1.29 is 9.13 Å². The Morgan fingerprint density at radius 1 is 1.24 bits per heavy atom. The van der Waals surface area contributed by atoms with Gasteiger partial charge in [0, 0.05) is 18.2 Å². The summed E-state index contributed by atoms with van der Waals surface area (Å²) in [7, 11) is 1.87. The van der Waals surface area contributed by atoms with Gasteiger partial charge in [-0.1, -0.05) is 18.2 Å². The van der Waals surface area contributed by atoms with Crippen LogP contribution in [0.4, 0.5) is 4.39 Å². The first-order chi connectivity index (χ1) is 8.29. The van der Waals surface area contributed by atoms with Crippen molar-refractivity contribution in [3.63, 3.8) is 0 Å². The molecule has 0 aliphatic carbocycles. The molecule has 4 heteroatoms. The minimum Gasteiger partial charge on any atom is -0.439 e. The van der Waals surface area contributed by atoms with Crippen LogP contribution >= 0.6 is 0 Å². The molecule has 88 valence electrons. The molecule has 0 saturated heterocycles. The van der Waals surface area contributed by atoms with Gasteiger partial charge in [-0.05, 0) is 19.2 Å². The first-order valence-electron chi connectivity index (χ1n) is 5.31. The summed E-state index contributed by atoms with van der Waals surface area (Å²) in [5.41, 5.74) is 1.03. The van der Waals surface area contributed by atoms with E-state index in [1.807, 2.05) is 31.3 Å². The molecule has 0 aliphatic rings. The maximum atomic E-state index is 12.7. The normalized spacial score (nSPS) is 10.2. The highest BCUT2D eigenvalue weighted by Crippen LogP contribution is 2.23. The van der Waals surface area contributed by atoms with Gasteiger partial charge in [-0.2, -0.15) is 0 Å². The molecule has 1 aromatic heterocycles. The lowest BCUT2D eigenvalue weighted by Gasteiger charge is -2.09. The van der Waals surface area contributed by atoms with Gasteiger partial charge < -0.3 is 10.1 Å². The Morgan fingerprint density at radius 3 is 2.76 bits per heavy atom. The second-order valence-corrected chi connectivity index (χ2v) is 3.55. The molecule has 0 aliphatic heterocycles. The lowest BCUT2D eigenvalue weighted by molar-refractivity contribution is 0.452. The third-order valence-electron chi connectivity index (χ3n) is 2.25. The third-order valence-corrected chi connectivity index (χ3v) is 2.25. The van der Waals surface area contributed by atoms with Crippen LogP contribution in [0, 0.1) is 5.82 Å². The molecule has 2 rings (SSSR count). The average molecular weight is 232 g/mol. The number of benzene rings is 1. The number of rotatable bonds is 4. The molecule has 0 bridgehead atoms. The minimum absolute atomic E-state index is 0.374. The molecule has 0 atom stereocenters. The van der Waals surface area contributed by atoms with E-state index in [4.69, 9.17) is 4.74 Å². The van der Waals surface area contributed by atoms with E-state index < -0.39 is 0 Å². The standard InChI is InChI=1S/C13H13FN2O/c1-15-8-10-4-2-3-5-12(10)17-13-7-6-11(14)9-16-13/h2-7,9,15H,8H2,1H3. The molecule has 0 amide bonds. The minimum atomic E-state index is -0.374. The van der Waals surface area contributed by atoms with Crippen LogP contribution in [0.25, 0.3) is 0 Å². The SMILES string of the molecule is CNCc1ccccc1Oc1ccc(F)cn1. The van der Waals surface area contributed by atoms with E-state index in [0.717, 1.165) is 17.5 Å². The fraction of sp³-hybridized carbons (Fsp3) is 0.154. The Kier molecular flexibility index (Phi) is 3.67. The number of ether oxygens (including phenoxy) is 1. The van der Waals surface area contributed by atoms with Crippen molar-refractivity contribution in [3.05, 3.63) is 54.0 Å². The molecule has 1 N–H and O–H groups in total. The van der Waals surface area contributed by atoms with E-state index in [-0.39, 0.29) is 5.82 Å². The quantitative estimate of drug-likeness (QED) is 0.880. The Balaban J connectivity index is 2.20. The lowest BCUT2D eigenvalue weighted by Crippen LogP contribution is -2.06. The van der Waals surface area contributed by atoms with Gasteiger partial charge in [0.1, 0.15) is 11.6 Å². The lowest BCUT2D eigenvalue weighted by atomic mass is 10.2. The molecule has 1 heterocycles. The van der Waals surface area contributed by atoms with Gasteiger partial charge in [0.2, 0.25) is 5.88 Å². The Labute approximate surface area is 99.3 Å². The molecule has 2 aromatic rings. The first kappa shape index (κ1) is 11.5. The summed E-state index contributed by atoms with van der Waals surface area (Å²) in [6.07, 6.45) is 1.13. The summed E-state index contributed by atoms with van der Waals surface area (Å²) in [6, 6.07) is 10.5. The van der Waals surface area contributed by atoms with Gasteiger partial charge in [0.25, 0.3) is 0 Å². The second-order valence-electron chi connectivity index (χ2n) is 3.55. The molecule has 17 heavy (non-hydrogen) atoms. The number of aromatic nitrogens is 1. The molecular weight excluding hydrogens is 219 g/mol. The molecule has 0 saturated carbocycles. The molecule has 3 nitrogen and oxygen atoms in total. The van der Waals surface area contributed by atoms with Crippen LogP contribution in [0.15, 0.2) is 42.6 Å². The zero-order valence-corrected chi connectivity index (χ0v) is 9.48. The van der Waals surface area contributed by atoms with Crippen LogP contribution in [-0.4, -0.2) is 12.0 Å². The molecule has 0 radical (unpaired) electrons. The number of nitrogens with zero attached hydrogens (tertiary/aromatic N) is 1. The van der Waals surface area contributed by atoms with Gasteiger partial charge >= 0.3 is 0 Å². The molecule has 0 unspecified atom stereocenters. The zero-order chi connectivity index (χ0) is 12.1. The van der Waals surface area contributed by atoms with E-state index >= 15 is 0 Å². The van der Waals surface area contributed by atoms with E-state index in [1.54, 1.807) is 0 Å². The summed E-state index contributed by atoms with van der Waals surface area (Å²) in [6.45, 7) is 0.706. The van der Waals surface area contributed by atoms with E-state index in [1.165, 1.54) is 12.1 Å². The van der Waals surface area contributed by atoms with Crippen LogP contribution in [-0.2, 0) is 6.54 Å². The zero-order valence-electron chi connectivity index (χ0n) is 9.48. The number of pyridine rings is 1. The number of hydrogen-bond donors (Lipinski definition) is 1. The van der Waals surface area contributed by atoms with Crippen LogP contribution in [0.2, 0.25) is 0 Å². The van der Waals surface area contributed by atoms with Gasteiger partial charge in [-0.15, -0.1) is 0 Å². The first-order valence-corrected chi connectivity index (χ1v) is 5.31. The highest BCUT2D eigenvalue weighted by atomic mass is 19.1. The number of nitrogens with one attached hydrogen (secondary N) is 1. The fourth-order valence-electron chi connectivity index (χ4n) is 1.48. The summed E-state index contributed by atoms with van der Waals surface area (Å²) in [4.78, 5) is 3.86. The Morgan fingerprint density at radius 2 is 2.06 bits per heavy atom. The Hall–Kier alpha value is -1.94. The van der Waals surface area contributed by atoms with Gasteiger partial charge in [-0.3, -0.25) is 0 Å². The molecule has 0 fully saturated rings. The molecule has 1 aromatic carbocycles.